The van der Waals surface area contributed by atoms with Crippen molar-refractivity contribution in [1.82, 2.24) is 5.32 Å². The highest BCUT2D eigenvalue weighted by atomic mass is 19.1. The molecule has 0 atom stereocenters. The summed E-state index contributed by atoms with van der Waals surface area (Å²) >= 11 is 0. The molecule has 1 aromatic carbocycles. The summed E-state index contributed by atoms with van der Waals surface area (Å²) in [6, 6.07) is 5.47. The van der Waals surface area contributed by atoms with Crippen LogP contribution in [0.3, 0.4) is 0 Å². The molecule has 1 N–H and O–H groups in total. The lowest BCUT2D eigenvalue weighted by Crippen LogP contribution is -2.25. The molecule has 0 unspecified atom stereocenters. The van der Waals surface area contributed by atoms with Gasteiger partial charge in [-0.15, -0.1) is 0 Å². The van der Waals surface area contributed by atoms with E-state index in [9.17, 15) is 4.39 Å². The first-order valence-electron chi connectivity index (χ1n) is 4.63. The molecule has 70 valence electrons. The fourth-order valence-electron chi connectivity index (χ4n) is 1.79. The zero-order valence-electron chi connectivity index (χ0n) is 8.02. The number of benzene rings is 1. The highest BCUT2D eigenvalue weighted by Crippen LogP contribution is 2.45. The van der Waals surface area contributed by atoms with Crippen LogP contribution in [0.2, 0.25) is 0 Å². The maximum absolute atomic E-state index is 13.5. The first kappa shape index (κ1) is 8.70. The highest BCUT2D eigenvalue weighted by Gasteiger charge is 2.44. The van der Waals surface area contributed by atoms with Crippen LogP contribution in [0.4, 0.5) is 4.39 Å². The van der Waals surface area contributed by atoms with E-state index in [1.165, 1.54) is 0 Å². The standard InChI is InChI=1S/C11H14FN/c1-8-3-4-9(10(12)7-8)11(13-2)5-6-11/h3-4,7,13H,5-6H2,1-2H3. The average molecular weight is 179 g/mol. The van der Waals surface area contributed by atoms with Gasteiger partial charge in [-0.25, -0.2) is 4.39 Å². The van der Waals surface area contributed by atoms with Gasteiger partial charge < -0.3 is 5.32 Å². The zero-order valence-corrected chi connectivity index (χ0v) is 8.02. The predicted octanol–water partition coefficient (Wildman–Crippen LogP) is 2.34. The van der Waals surface area contributed by atoms with E-state index in [-0.39, 0.29) is 11.4 Å². The summed E-state index contributed by atoms with van der Waals surface area (Å²) in [6.45, 7) is 1.91. The molecule has 1 fully saturated rings. The molecule has 1 aromatic rings. The Bertz CT molecular complexity index is 329. The van der Waals surface area contributed by atoms with Crippen LogP contribution in [0.15, 0.2) is 18.2 Å². The van der Waals surface area contributed by atoms with E-state index < -0.39 is 0 Å². The van der Waals surface area contributed by atoms with Crippen LogP contribution in [0.5, 0.6) is 0 Å². The van der Waals surface area contributed by atoms with Gasteiger partial charge in [0.1, 0.15) is 5.82 Å². The van der Waals surface area contributed by atoms with Crippen molar-refractivity contribution in [2.75, 3.05) is 7.05 Å². The molecule has 0 amide bonds. The number of hydrogen-bond acceptors (Lipinski definition) is 1. The van der Waals surface area contributed by atoms with Gasteiger partial charge in [0.05, 0.1) is 0 Å². The van der Waals surface area contributed by atoms with Crippen molar-refractivity contribution in [1.29, 1.82) is 0 Å². The molecule has 1 aliphatic rings. The largest absolute Gasteiger partial charge is 0.310 e. The Morgan fingerprint density at radius 2 is 2.08 bits per heavy atom. The molecule has 13 heavy (non-hydrogen) atoms. The molecule has 1 aliphatic carbocycles. The van der Waals surface area contributed by atoms with E-state index in [1.54, 1.807) is 6.07 Å². The fraction of sp³-hybridized carbons (Fsp3) is 0.455. The molecular formula is C11H14FN. The van der Waals surface area contributed by atoms with Crippen LogP contribution in [-0.4, -0.2) is 7.05 Å². The zero-order chi connectivity index (χ0) is 9.47. The van der Waals surface area contributed by atoms with E-state index in [0.717, 1.165) is 24.0 Å². The van der Waals surface area contributed by atoms with Gasteiger partial charge in [0.15, 0.2) is 0 Å². The predicted molar refractivity (Wildman–Crippen MR) is 51.1 cm³/mol. The van der Waals surface area contributed by atoms with Crippen LogP contribution in [0.25, 0.3) is 0 Å². The minimum Gasteiger partial charge on any atom is -0.310 e. The second kappa shape index (κ2) is 2.81. The van der Waals surface area contributed by atoms with Crippen LogP contribution < -0.4 is 5.32 Å². The highest BCUT2D eigenvalue weighted by molar-refractivity contribution is 5.33. The molecule has 2 rings (SSSR count). The van der Waals surface area contributed by atoms with Crippen LogP contribution in [0.1, 0.15) is 24.0 Å². The molecule has 2 heteroatoms. The topological polar surface area (TPSA) is 12.0 Å². The third kappa shape index (κ3) is 1.35. The lowest BCUT2D eigenvalue weighted by Gasteiger charge is -2.15. The molecule has 1 saturated carbocycles. The monoisotopic (exact) mass is 179 g/mol. The molecule has 0 bridgehead atoms. The van der Waals surface area contributed by atoms with Crippen molar-refractivity contribution < 1.29 is 4.39 Å². The van der Waals surface area contributed by atoms with Gasteiger partial charge >= 0.3 is 0 Å². The molecule has 0 aliphatic heterocycles. The van der Waals surface area contributed by atoms with Crippen molar-refractivity contribution in [2.45, 2.75) is 25.3 Å². The summed E-state index contributed by atoms with van der Waals surface area (Å²) in [5.41, 5.74) is 1.74. The van der Waals surface area contributed by atoms with Crippen molar-refractivity contribution in [3.63, 3.8) is 0 Å². The molecule has 0 radical (unpaired) electrons. The summed E-state index contributed by atoms with van der Waals surface area (Å²) in [4.78, 5) is 0. The Kier molecular flexibility index (Phi) is 1.88. The smallest absolute Gasteiger partial charge is 0.128 e. The number of nitrogens with one attached hydrogen (secondary N) is 1. The van der Waals surface area contributed by atoms with Gasteiger partial charge in [-0.05, 0) is 38.4 Å². The number of halogens is 1. The van der Waals surface area contributed by atoms with E-state index in [1.807, 2.05) is 26.1 Å². The van der Waals surface area contributed by atoms with Gasteiger partial charge in [0.2, 0.25) is 0 Å². The number of rotatable bonds is 2. The van der Waals surface area contributed by atoms with Crippen LogP contribution in [-0.2, 0) is 5.54 Å². The number of aryl methyl sites for hydroxylation is 1. The van der Waals surface area contributed by atoms with Gasteiger partial charge in [0, 0.05) is 11.1 Å². The Morgan fingerprint density at radius 1 is 1.38 bits per heavy atom. The number of hydrogen-bond donors (Lipinski definition) is 1. The average Bonchev–Trinajstić information content (AvgIpc) is 2.85. The van der Waals surface area contributed by atoms with Gasteiger partial charge in [0.25, 0.3) is 0 Å². The molecule has 0 spiro atoms. The van der Waals surface area contributed by atoms with Gasteiger partial charge in [-0.1, -0.05) is 12.1 Å². The van der Waals surface area contributed by atoms with Gasteiger partial charge in [-0.2, -0.15) is 0 Å². The second-order valence-electron chi connectivity index (χ2n) is 3.82. The SMILES string of the molecule is CNC1(c2ccc(C)cc2F)CC1. The third-order valence-corrected chi connectivity index (χ3v) is 2.87. The van der Waals surface area contributed by atoms with Crippen LogP contribution in [0, 0.1) is 12.7 Å². The van der Waals surface area contributed by atoms with E-state index in [0.29, 0.717) is 0 Å². The minimum absolute atomic E-state index is 0.0578. The molecule has 0 aromatic heterocycles. The fourth-order valence-corrected chi connectivity index (χ4v) is 1.79. The lowest BCUT2D eigenvalue weighted by molar-refractivity contribution is 0.525. The molecule has 0 saturated heterocycles. The quantitative estimate of drug-likeness (QED) is 0.734. The van der Waals surface area contributed by atoms with E-state index in [2.05, 4.69) is 5.32 Å². The van der Waals surface area contributed by atoms with Crippen molar-refractivity contribution >= 4 is 0 Å². The Labute approximate surface area is 78.0 Å². The minimum atomic E-state index is -0.0770. The van der Waals surface area contributed by atoms with Crippen LogP contribution >= 0.6 is 0 Å². The van der Waals surface area contributed by atoms with Crippen molar-refractivity contribution in [3.8, 4) is 0 Å². The summed E-state index contributed by atoms with van der Waals surface area (Å²) in [7, 11) is 1.90. The summed E-state index contributed by atoms with van der Waals surface area (Å²) in [5, 5.41) is 3.19. The van der Waals surface area contributed by atoms with E-state index in [4.69, 9.17) is 0 Å². The summed E-state index contributed by atoms with van der Waals surface area (Å²) < 4.78 is 13.5. The molecule has 1 nitrogen and oxygen atoms in total. The maximum Gasteiger partial charge on any atom is 0.128 e. The normalized spacial score (nSPS) is 18.7. The summed E-state index contributed by atoms with van der Waals surface area (Å²) in [5.74, 6) is -0.0770. The first-order chi connectivity index (χ1) is 6.18. The van der Waals surface area contributed by atoms with E-state index >= 15 is 0 Å². The second-order valence-corrected chi connectivity index (χ2v) is 3.82. The maximum atomic E-state index is 13.5. The Balaban J connectivity index is 2.41. The first-order valence-corrected chi connectivity index (χ1v) is 4.63. The molecule has 0 heterocycles. The van der Waals surface area contributed by atoms with Gasteiger partial charge in [-0.3, -0.25) is 0 Å². The third-order valence-electron chi connectivity index (χ3n) is 2.87. The lowest BCUT2D eigenvalue weighted by atomic mass is 10.0. The van der Waals surface area contributed by atoms with Crippen molar-refractivity contribution in [3.05, 3.63) is 35.1 Å². The summed E-state index contributed by atoms with van der Waals surface area (Å²) in [6.07, 6.45) is 2.09. The Hall–Kier alpha value is -0.890. The van der Waals surface area contributed by atoms with Crippen molar-refractivity contribution in [2.24, 2.45) is 0 Å². The molecular weight excluding hydrogens is 165 g/mol. The Morgan fingerprint density at radius 3 is 2.54 bits per heavy atom.